The Balaban J connectivity index is 1.45. The predicted octanol–water partition coefficient (Wildman–Crippen LogP) is 1.81. The Morgan fingerprint density at radius 3 is 2.55 bits per heavy atom. The molecule has 0 amide bonds. The molecule has 0 N–H and O–H groups in total. The summed E-state index contributed by atoms with van der Waals surface area (Å²) in [4.78, 5) is 17.5. The minimum absolute atomic E-state index is 0.530. The Labute approximate surface area is 129 Å². The van der Waals surface area contributed by atoms with E-state index in [1.165, 1.54) is 12.8 Å². The molecule has 2 aromatic rings. The number of piperidine rings is 1. The van der Waals surface area contributed by atoms with Crippen LogP contribution < -0.4 is 9.80 Å². The molecule has 0 unspecified atom stereocenters. The number of nitrogens with zero attached hydrogens (tertiary/aromatic N) is 6. The van der Waals surface area contributed by atoms with Gasteiger partial charge in [0.25, 0.3) is 0 Å². The average Bonchev–Trinajstić information content (AvgIpc) is 3.29. The van der Waals surface area contributed by atoms with Gasteiger partial charge >= 0.3 is 6.01 Å². The van der Waals surface area contributed by atoms with Crippen molar-refractivity contribution in [3.05, 3.63) is 24.4 Å². The van der Waals surface area contributed by atoms with Crippen molar-refractivity contribution in [1.29, 1.82) is 0 Å². The fourth-order valence-corrected chi connectivity index (χ4v) is 3.21. The highest BCUT2D eigenvalue weighted by Gasteiger charge is 2.36. The van der Waals surface area contributed by atoms with Crippen LogP contribution in [0, 0.1) is 6.92 Å². The standard InChI is InChI=1S/C15H20N6O/c1-11-18-15(22-19-11)20-8-5-13(6-9-20)21(12-2-3-12)14-4-7-16-10-17-14/h4,7,10,12-13H,2-3,5-6,8-9H2,1H3. The molecule has 1 saturated carbocycles. The third kappa shape index (κ3) is 2.63. The molecule has 7 nitrogen and oxygen atoms in total. The molecule has 4 rings (SSSR count). The second-order valence-corrected chi connectivity index (χ2v) is 6.05. The third-order valence-corrected chi connectivity index (χ3v) is 4.42. The van der Waals surface area contributed by atoms with Gasteiger partial charge < -0.3 is 14.3 Å². The first kappa shape index (κ1) is 13.5. The van der Waals surface area contributed by atoms with Gasteiger partial charge in [-0.2, -0.15) is 4.98 Å². The van der Waals surface area contributed by atoms with Gasteiger partial charge in [0.05, 0.1) is 0 Å². The highest BCUT2D eigenvalue weighted by molar-refractivity contribution is 5.42. The van der Waals surface area contributed by atoms with Crippen molar-refractivity contribution in [1.82, 2.24) is 20.1 Å². The fraction of sp³-hybridized carbons (Fsp3) is 0.600. The molecule has 7 heteroatoms. The van der Waals surface area contributed by atoms with Crippen molar-refractivity contribution in [3.63, 3.8) is 0 Å². The highest BCUT2D eigenvalue weighted by Crippen LogP contribution is 2.35. The zero-order valence-electron chi connectivity index (χ0n) is 12.7. The minimum atomic E-state index is 0.530. The highest BCUT2D eigenvalue weighted by atomic mass is 16.5. The van der Waals surface area contributed by atoms with Gasteiger partial charge in [0.2, 0.25) is 0 Å². The first-order chi connectivity index (χ1) is 10.8. The Morgan fingerprint density at radius 2 is 1.95 bits per heavy atom. The van der Waals surface area contributed by atoms with Crippen molar-refractivity contribution in [3.8, 4) is 0 Å². The molecule has 0 bridgehead atoms. The van der Waals surface area contributed by atoms with E-state index in [9.17, 15) is 0 Å². The van der Waals surface area contributed by atoms with Crippen LogP contribution in [0.4, 0.5) is 11.8 Å². The van der Waals surface area contributed by atoms with E-state index in [0.717, 1.165) is 31.7 Å². The minimum Gasteiger partial charge on any atom is -0.350 e. The number of rotatable bonds is 4. The summed E-state index contributed by atoms with van der Waals surface area (Å²) in [5.41, 5.74) is 0. The van der Waals surface area contributed by atoms with Gasteiger partial charge in [-0.25, -0.2) is 9.97 Å². The maximum Gasteiger partial charge on any atom is 0.324 e. The molecule has 1 saturated heterocycles. The van der Waals surface area contributed by atoms with Gasteiger partial charge in [-0.05, 0) is 38.7 Å². The smallest absolute Gasteiger partial charge is 0.324 e. The van der Waals surface area contributed by atoms with Crippen molar-refractivity contribution in [2.75, 3.05) is 22.9 Å². The van der Waals surface area contributed by atoms with Gasteiger partial charge in [-0.15, -0.1) is 0 Å². The zero-order valence-corrected chi connectivity index (χ0v) is 12.7. The van der Waals surface area contributed by atoms with E-state index in [-0.39, 0.29) is 0 Å². The summed E-state index contributed by atoms with van der Waals surface area (Å²) in [7, 11) is 0. The topological polar surface area (TPSA) is 71.2 Å². The van der Waals surface area contributed by atoms with Gasteiger partial charge in [0.1, 0.15) is 12.1 Å². The van der Waals surface area contributed by atoms with Crippen LogP contribution in [0.25, 0.3) is 0 Å². The molecule has 2 aliphatic rings. The summed E-state index contributed by atoms with van der Waals surface area (Å²) in [5, 5.41) is 3.88. The lowest BCUT2D eigenvalue weighted by molar-refractivity contribution is 0.384. The summed E-state index contributed by atoms with van der Waals surface area (Å²) < 4.78 is 5.27. The summed E-state index contributed by atoms with van der Waals surface area (Å²) in [6, 6.07) is 3.85. The Hall–Kier alpha value is -2.18. The van der Waals surface area contributed by atoms with E-state index >= 15 is 0 Å². The molecule has 1 aliphatic carbocycles. The summed E-state index contributed by atoms with van der Waals surface area (Å²) in [5.74, 6) is 1.75. The van der Waals surface area contributed by atoms with E-state index in [1.807, 2.05) is 19.2 Å². The number of hydrogen-bond acceptors (Lipinski definition) is 7. The van der Waals surface area contributed by atoms with E-state index in [0.29, 0.717) is 23.9 Å². The Kier molecular flexibility index (Phi) is 3.40. The molecule has 1 aliphatic heterocycles. The van der Waals surface area contributed by atoms with Gasteiger partial charge in [0.15, 0.2) is 5.82 Å². The number of aromatic nitrogens is 4. The van der Waals surface area contributed by atoms with Crippen LogP contribution in [0.1, 0.15) is 31.5 Å². The molecule has 0 atom stereocenters. The monoisotopic (exact) mass is 300 g/mol. The number of aryl methyl sites for hydroxylation is 1. The van der Waals surface area contributed by atoms with Crippen LogP contribution in [-0.2, 0) is 0 Å². The fourth-order valence-electron chi connectivity index (χ4n) is 3.21. The molecule has 0 radical (unpaired) electrons. The lowest BCUT2D eigenvalue weighted by Crippen LogP contribution is -2.46. The van der Waals surface area contributed by atoms with Crippen molar-refractivity contribution in [2.24, 2.45) is 0 Å². The molecule has 116 valence electrons. The summed E-state index contributed by atoms with van der Waals surface area (Å²) in [6.45, 7) is 3.74. The molecule has 2 aromatic heterocycles. The van der Waals surface area contributed by atoms with E-state index in [2.05, 4.69) is 29.9 Å². The van der Waals surface area contributed by atoms with Crippen LogP contribution in [-0.4, -0.2) is 45.3 Å². The van der Waals surface area contributed by atoms with Crippen LogP contribution in [0.2, 0.25) is 0 Å². The lowest BCUT2D eigenvalue weighted by Gasteiger charge is -2.38. The van der Waals surface area contributed by atoms with E-state index in [4.69, 9.17) is 4.52 Å². The summed E-state index contributed by atoms with van der Waals surface area (Å²) in [6.07, 6.45) is 8.18. The third-order valence-electron chi connectivity index (χ3n) is 4.42. The Bertz CT molecular complexity index is 618. The average molecular weight is 300 g/mol. The van der Waals surface area contributed by atoms with Crippen LogP contribution in [0.15, 0.2) is 23.1 Å². The normalized spacial score (nSPS) is 19.4. The largest absolute Gasteiger partial charge is 0.350 e. The van der Waals surface area contributed by atoms with Crippen molar-refractivity contribution in [2.45, 2.75) is 44.7 Å². The van der Waals surface area contributed by atoms with E-state index < -0.39 is 0 Å². The van der Waals surface area contributed by atoms with E-state index in [1.54, 1.807) is 6.33 Å². The second-order valence-electron chi connectivity index (χ2n) is 6.05. The Morgan fingerprint density at radius 1 is 1.18 bits per heavy atom. The molecule has 3 heterocycles. The van der Waals surface area contributed by atoms with Crippen LogP contribution >= 0.6 is 0 Å². The quantitative estimate of drug-likeness (QED) is 0.852. The summed E-state index contributed by atoms with van der Waals surface area (Å²) >= 11 is 0. The molecular formula is C15H20N6O. The second kappa shape index (κ2) is 5.55. The number of anilines is 2. The first-order valence-electron chi connectivity index (χ1n) is 7.91. The predicted molar refractivity (Wildman–Crippen MR) is 81.8 cm³/mol. The van der Waals surface area contributed by atoms with Gasteiger partial charge in [-0.1, -0.05) is 5.16 Å². The maximum absolute atomic E-state index is 5.27. The molecule has 22 heavy (non-hydrogen) atoms. The van der Waals surface area contributed by atoms with Crippen molar-refractivity contribution >= 4 is 11.8 Å². The van der Waals surface area contributed by atoms with Crippen molar-refractivity contribution < 1.29 is 4.52 Å². The molecule has 0 spiro atoms. The SMILES string of the molecule is Cc1noc(N2CCC(N(c3ccncn3)C3CC3)CC2)n1. The van der Waals surface area contributed by atoms with Gasteiger partial charge in [0, 0.05) is 31.4 Å². The zero-order chi connectivity index (χ0) is 14.9. The van der Waals surface area contributed by atoms with Gasteiger partial charge in [-0.3, -0.25) is 0 Å². The molecule has 0 aromatic carbocycles. The molecular weight excluding hydrogens is 280 g/mol. The lowest BCUT2D eigenvalue weighted by atomic mass is 10.0. The molecule has 2 fully saturated rings. The first-order valence-corrected chi connectivity index (χ1v) is 7.91. The van der Waals surface area contributed by atoms with Crippen LogP contribution in [0.3, 0.4) is 0 Å². The number of hydrogen-bond donors (Lipinski definition) is 0. The maximum atomic E-state index is 5.27. The van der Waals surface area contributed by atoms with Crippen LogP contribution in [0.5, 0.6) is 0 Å².